The first kappa shape index (κ1) is 28.4. The molecule has 0 aromatic rings. The van der Waals surface area contributed by atoms with Gasteiger partial charge in [0.25, 0.3) is 0 Å². The summed E-state index contributed by atoms with van der Waals surface area (Å²) in [6.45, 7) is 17.2. The van der Waals surface area contributed by atoms with Gasteiger partial charge in [-0.2, -0.15) is 0 Å². The van der Waals surface area contributed by atoms with Crippen LogP contribution in [-0.4, -0.2) is 48.3 Å². The number of halogens is 4. The summed E-state index contributed by atoms with van der Waals surface area (Å²) in [5.74, 6) is 0. The van der Waals surface area contributed by atoms with Crippen LogP contribution in [0.4, 0.5) is 8.78 Å². The van der Waals surface area contributed by atoms with Crippen molar-refractivity contribution in [1.29, 1.82) is 0 Å². The molecule has 0 nitrogen and oxygen atoms in total. The summed E-state index contributed by atoms with van der Waals surface area (Å²) in [5.41, 5.74) is -2.67. The van der Waals surface area contributed by atoms with Crippen LogP contribution in [0.15, 0.2) is 24.3 Å². The van der Waals surface area contributed by atoms with Crippen LogP contribution < -0.4 is 0 Å². The van der Waals surface area contributed by atoms with Crippen molar-refractivity contribution < 1.29 is 21.3 Å². The van der Waals surface area contributed by atoms with Crippen molar-refractivity contribution in [3.05, 3.63) is 24.3 Å². The summed E-state index contributed by atoms with van der Waals surface area (Å²) >= 11 is -2.89. The molecule has 0 aliphatic heterocycles. The number of rotatable bonds is 12. The van der Waals surface area contributed by atoms with Gasteiger partial charge in [0.1, 0.15) is 0 Å². The van der Waals surface area contributed by atoms with E-state index in [1.54, 1.807) is 12.2 Å². The number of allylic oxidation sites excluding steroid dienone is 4. The van der Waals surface area contributed by atoms with Crippen molar-refractivity contribution in [1.82, 2.24) is 0 Å². The number of alkyl halides is 2. The average molecular weight is 560 g/mol. The molecule has 0 radical (unpaired) electrons. The zero-order valence-corrected chi connectivity index (χ0v) is 23.3. The van der Waals surface area contributed by atoms with Crippen LogP contribution in [0.2, 0.25) is 0 Å². The maximum absolute atomic E-state index is 12.8. The van der Waals surface area contributed by atoms with E-state index in [-0.39, 0.29) is 0 Å². The van der Waals surface area contributed by atoms with Crippen LogP contribution in [0, 0.1) is 0 Å². The molecule has 0 rings (SSSR count). The van der Waals surface area contributed by atoms with Crippen LogP contribution in [0.1, 0.15) is 55.4 Å². The van der Waals surface area contributed by atoms with Gasteiger partial charge >= 0.3 is 179 Å². The van der Waals surface area contributed by atoms with E-state index in [0.717, 1.165) is 12.3 Å². The molecule has 0 spiro atoms. The minimum absolute atomic E-state index is 0.420. The third kappa shape index (κ3) is 5.78. The third-order valence-electron chi connectivity index (χ3n) is 5.78. The molecular formula is C20H42Cl2F2P2Pd. The van der Waals surface area contributed by atoms with Gasteiger partial charge in [0.05, 0.1) is 0 Å². The van der Waals surface area contributed by atoms with Crippen molar-refractivity contribution in [2.24, 2.45) is 0 Å². The molecule has 0 aromatic carbocycles. The Hall–Kier alpha value is 1.44. The van der Waals surface area contributed by atoms with Gasteiger partial charge in [-0.25, -0.2) is 0 Å². The Kier molecular flexibility index (Phi) is 13.0. The summed E-state index contributed by atoms with van der Waals surface area (Å²) in [5, 5.41) is 0. The summed E-state index contributed by atoms with van der Waals surface area (Å²) in [4.78, 5) is 0. The molecule has 27 heavy (non-hydrogen) atoms. The van der Waals surface area contributed by atoms with E-state index in [0.29, 0.717) is 22.6 Å². The van der Waals surface area contributed by atoms with E-state index in [1.165, 1.54) is 0 Å². The Bertz CT molecular complexity index is 434. The molecular weight excluding hydrogens is 517 g/mol. The van der Waals surface area contributed by atoms with Crippen molar-refractivity contribution in [2.75, 3.05) is 25.7 Å². The van der Waals surface area contributed by atoms with Crippen LogP contribution in [0.25, 0.3) is 0 Å². The van der Waals surface area contributed by atoms with Crippen molar-refractivity contribution >= 4 is 30.0 Å². The van der Waals surface area contributed by atoms with E-state index >= 15 is 0 Å². The molecule has 0 saturated heterocycles. The van der Waals surface area contributed by atoms with Gasteiger partial charge in [0.2, 0.25) is 0 Å². The van der Waals surface area contributed by atoms with Crippen LogP contribution in [-0.2, 0) is 12.5 Å². The second-order valence-corrected chi connectivity index (χ2v) is 45.0. The Morgan fingerprint density at radius 3 is 1.07 bits per heavy atom. The topological polar surface area (TPSA) is 0 Å². The van der Waals surface area contributed by atoms with Gasteiger partial charge < -0.3 is 0 Å². The Balaban J connectivity index is 6.73. The molecule has 0 N–H and O–H groups in total. The molecule has 0 bridgehead atoms. The summed E-state index contributed by atoms with van der Waals surface area (Å²) in [6.07, 6.45) is 8.92. The molecule has 0 unspecified atom stereocenters. The molecule has 170 valence electrons. The summed E-state index contributed by atoms with van der Waals surface area (Å²) in [6, 6.07) is 0. The average Bonchev–Trinajstić information content (AvgIpc) is 2.53. The van der Waals surface area contributed by atoms with E-state index in [1.807, 2.05) is 12.2 Å². The maximum atomic E-state index is 12.8. The molecule has 0 atom stereocenters. The van der Waals surface area contributed by atoms with Gasteiger partial charge in [-0.1, -0.05) is 0 Å². The third-order valence-corrected chi connectivity index (χ3v) is 66.2. The number of hydrogen-bond acceptors (Lipinski definition) is 0. The molecule has 0 amide bonds. The van der Waals surface area contributed by atoms with Gasteiger partial charge in [-0.3, -0.25) is 0 Å². The van der Waals surface area contributed by atoms with Gasteiger partial charge in [0, 0.05) is 0 Å². The first-order chi connectivity index (χ1) is 12.4. The first-order valence-corrected chi connectivity index (χ1v) is 22.9. The zero-order chi connectivity index (χ0) is 21.5. The van der Waals surface area contributed by atoms with Gasteiger partial charge in [-0.05, 0) is 0 Å². The zero-order valence-electron chi connectivity index (χ0n) is 18.3. The van der Waals surface area contributed by atoms with Crippen LogP contribution >= 0.6 is 30.0 Å². The SMILES string of the molecule is CC(C)[PH](CC=CCF)(C(C)C)[Pd]([Cl])([Cl])[PH](CC=CCF)(C(C)C)C(C)C. The summed E-state index contributed by atoms with van der Waals surface area (Å²) in [7, 11) is 15.4. The van der Waals surface area contributed by atoms with E-state index in [9.17, 15) is 8.78 Å². The fraction of sp³-hybridized carbons (Fsp3) is 0.800. The Morgan fingerprint density at radius 1 is 0.630 bits per heavy atom. The van der Waals surface area contributed by atoms with Crippen molar-refractivity contribution in [3.8, 4) is 0 Å². The number of hydrogen-bond donors (Lipinski definition) is 0. The van der Waals surface area contributed by atoms with Crippen LogP contribution in [0.3, 0.4) is 0 Å². The van der Waals surface area contributed by atoms with Gasteiger partial charge in [-0.15, -0.1) is 0 Å². The second-order valence-electron chi connectivity index (χ2n) is 8.38. The predicted octanol–water partition coefficient (Wildman–Crippen LogP) is 8.46. The predicted molar refractivity (Wildman–Crippen MR) is 129 cm³/mol. The van der Waals surface area contributed by atoms with E-state index in [4.69, 9.17) is 19.1 Å². The molecule has 0 aromatic heterocycles. The normalized spacial score (nSPS) is 16.6. The van der Waals surface area contributed by atoms with E-state index in [2.05, 4.69) is 55.4 Å². The summed E-state index contributed by atoms with van der Waals surface area (Å²) < 4.78 is 25.6. The first-order valence-electron chi connectivity index (χ1n) is 9.87. The van der Waals surface area contributed by atoms with Gasteiger partial charge in [0.15, 0.2) is 0 Å². The minimum atomic E-state index is -2.89. The van der Waals surface area contributed by atoms with E-state index < -0.39 is 36.8 Å². The van der Waals surface area contributed by atoms with Crippen LogP contribution in [0.5, 0.6) is 0 Å². The fourth-order valence-corrected chi connectivity index (χ4v) is 81.7. The van der Waals surface area contributed by atoms with Crippen molar-refractivity contribution in [3.63, 3.8) is 0 Å². The Morgan fingerprint density at radius 2 is 0.889 bits per heavy atom. The molecule has 0 aliphatic rings. The quantitative estimate of drug-likeness (QED) is 0.128. The molecule has 0 heterocycles. The second kappa shape index (κ2) is 12.3. The monoisotopic (exact) mass is 558 g/mol. The van der Waals surface area contributed by atoms with Crippen molar-refractivity contribution in [2.45, 2.75) is 78.0 Å². The fourth-order valence-electron chi connectivity index (χ4n) is 4.27. The molecule has 7 heteroatoms. The Labute approximate surface area is 178 Å². The standard InChI is InChI=1S/2C10H20FP.2ClH.Pd/c2*1-9(2)12(10(3)4)8-6-5-7-11;;;/h2*5-6,9-10H,7-8H2,1-4H3;2*1H;. The molecule has 0 aliphatic carbocycles. The molecule has 0 fully saturated rings. The molecule has 0 saturated carbocycles.